The maximum Gasteiger partial charge on any atom is 0.389 e. The summed E-state index contributed by atoms with van der Waals surface area (Å²) < 4.78 is 20.7. The zero-order valence-electron chi connectivity index (χ0n) is 9.25. The highest BCUT2D eigenvalue weighted by Gasteiger charge is 2.30. The van der Waals surface area contributed by atoms with Crippen LogP contribution in [0.1, 0.15) is 26.7 Å². The molecule has 0 spiro atoms. The second kappa shape index (κ2) is 8.47. The van der Waals surface area contributed by atoms with Crippen molar-refractivity contribution in [1.29, 1.82) is 0 Å². The lowest BCUT2D eigenvalue weighted by Gasteiger charge is -2.19. The highest BCUT2D eigenvalue weighted by molar-refractivity contribution is 8.55. The van der Waals surface area contributed by atoms with Gasteiger partial charge in [-0.2, -0.15) is 0 Å². The number of hydrogen-bond acceptors (Lipinski definition) is 4. The van der Waals surface area contributed by atoms with E-state index >= 15 is 0 Å². The van der Waals surface area contributed by atoms with E-state index in [4.69, 9.17) is 43.9 Å². The normalized spacial score (nSPS) is 16.1. The minimum absolute atomic E-state index is 0.242. The van der Waals surface area contributed by atoms with E-state index in [2.05, 4.69) is 0 Å². The molecule has 16 heavy (non-hydrogen) atoms. The molecular formula is C8H16Cl3O3PS. The van der Waals surface area contributed by atoms with Gasteiger partial charge in [0, 0.05) is 5.75 Å². The Labute approximate surface area is 116 Å². The van der Waals surface area contributed by atoms with Crippen LogP contribution in [-0.2, 0) is 13.6 Å². The third kappa shape index (κ3) is 9.41. The third-order valence-electron chi connectivity index (χ3n) is 1.42. The molecule has 0 aromatic carbocycles. The lowest BCUT2D eigenvalue weighted by molar-refractivity contribution is 0.231. The van der Waals surface area contributed by atoms with Crippen LogP contribution in [0.3, 0.4) is 0 Å². The summed E-state index contributed by atoms with van der Waals surface area (Å²) in [7, 11) is 0. The van der Waals surface area contributed by atoms with Crippen LogP contribution in [-0.4, -0.2) is 22.8 Å². The van der Waals surface area contributed by atoms with E-state index in [1.165, 1.54) is 0 Å². The first kappa shape index (κ1) is 17.4. The second-order valence-corrected chi connectivity index (χ2v) is 9.65. The van der Waals surface area contributed by atoms with Gasteiger partial charge in [0.15, 0.2) is 0 Å². The smallest absolute Gasteiger partial charge is 0.301 e. The van der Waals surface area contributed by atoms with Crippen molar-refractivity contribution >= 4 is 53.0 Å². The second-order valence-electron chi connectivity index (χ2n) is 2.94. The lowest BCUT2D eigenvalue weighted by Crippen LogP contribution is -2.11. The minimum atomic E-state index is -3.18. The first-order valence-electron chi connectivity index (χ1n) is 4.93. The summed E-state index contributed by atoms with van der Waals surface area (Å²) in [5.74, 6) is 0.702. The molecule has 0 aliphatic carbocycles. The van der Waals surface area contributed by atoms with E-state index in [9.17, 15) is 4.57 Å². The Balaban J connectivity index is 4.16. The van der Waals surface area contributed by atoms with E-state index in [1.807, 2.05) is 6.92 Å². The molecule has 0 aliphatic heterocycles. The summed E-state index contributed by atoms with van der Waals surface area (Å²) in [5, 5.41) is 0. The summed E-state index contributed by atoms with van der Waals surface area (Å²) in [6.07, 6.45) is 1.96. The van der Waals surface area contributed by atoms with E-state index in [0.29, 0.717) is 12.4 Å². The third-order valence-corrected chi connectivity index (χ3v) is 5.68. The van der Waals surface area contributed by atoms with Gasteiger partial charge in [0.2, 0.25) is 3.79 Å². The summed E-state index contributed by atoms with van der Waals surface area (Å²) in [6.45, 7) is 0.669. The van der Waals surface area contributed by atoms with E-state index < -0.39 is 10.6 Å². The Hall–Kier alpha value is 1.37. The van der Waals surface area contributed by atoms with Crippen LogP contribution in [0.25, 0.3) is 0 Å². The van der Waals surface area contributed by atoms with Gasteiger partial charge in [0.05, 0.1) is 6.61 Å². The molecule has 1 unspecified atom stereocenters. The van der Waals surface area contributed by atoms with Crippen LogP contribution in [0.5, 0.6) is 0 Å². The fraction of sp³-hybridized carbons (Fsp3) is 1.00. The van der Waals surface area contributed by atoms with Gasteiger partial charge in [0.1, 0.15) is 6.61 Å². The number of rotatable bonds is 8. The van der Waals surface area contributed by atoms with Crippen LogP contribution in [0.2, 0.25) is 0 Å². The van der Waals surface area contributed by atoms with Crippen molar-refractivity contribution in [3.63, 3.8) is 0 Å². The molecule has 0 amide bonds. The molecule has 98 valence electrons. The molecule has 1 atom stereocenters. The van der Waals surface area contributed by atoms with Gasteiger partial charge in [0.25, 0.3) is 0 Å². The molecule has 0 saturated heterocycles. The van der Waals surface area contributed by atoms with Crippen molar-refractivity contribution < 1.29 is 13.6 Å². The first-order valence-corrected chi connectivity index (χ1v) is 9.20. The first-order chi connectivity index (χ1) is 7.33. The standard InChI is InChI=1S/C8H16Cl3O3PS/c1-3-5-6-16-15(12,13-4-2)14-7-8(9,10)11/h3-7H2,1-2H3. The van der Waals surface area contributed by atoms with Crippen LogP contribution >= 0.6 is 53.0 Å². The van der Waals surface area contributed by atoms with Crippen LogP contribution in [0.4, 0.5) is 0 Å². The highest BCUT2D eigenvalue weighted by atomic mass is 35.6. The molecule has 0 aliphatic rings. The molecule has 0 radical (unpaired) electrons. The van der Waals surface area contributed by atoms with Crippen molar-refractivity contribution in [3.05, 3.63) is 0 Å². The van der Waals surface area contributed by atoms with Crippen LogP contribution in [0, 0.1) is 0 Å². The predicted molar refractivity (Wildman–Crippen MR) is 72.8 cm³/mol. The molecular weight excluding hydrogens is 313 g/mol. The molecule has 0 N–H and O–H groups in total. The summed E-state index contributed by atoms with van der Waals surface area (Å²) in [6, 6.07) is 0. The molecule has 0 heterocycles. The molecule has 0 aromatic heterocycles. The fourth-order valence-corrected chi connectivity index (χ4v) is 4.65. The van der Waals surface area contributed by atoms with E-state index in [0.717, 1.165) is 24.2 Å². The highest BCUT2D eigenvalue weighted by Crippen LogP contribution is 2.61. The van der Waals surface area contributed by atoms with Crippen molar-refractivity contribution in [2.24, 2.45) is 0 Å². The number of unbranched alkanes of at least 4 members (excludes halogenated alkanes) is 1. The largest absolute Gasteiger partial charge is 0.389 e. The number of halogens is 3. The van der Waals surface area contributed by atoms with Gasteiger partial charge in [-0.3, -0.25) is 4.52 Å². The van der Waals surface area contributed by atoms with Crippen LogP contribution in [0.15, 0.2) is 0 Å². The van der Waals surface area contributed by atoms with Gasteiger partial charge in [-0.1, -0.05) is 48.1 Å². The van der Waals surface area contributed by atoms with Gasteiger partial charge in [-0.05, 0) is 24.7 Å². The van der Waals surface area contributed by atoms with Gasteiger partial charge >= 0.3 is 6.80 Å². The molecule has 8 heteroatoms. The zero-order valence-corrected chi connectivity index (χ0v) is 13.2. The maximum absolute atomic E-state index is 12.1. The van der Waals surface area contributed by atoms with Gasteiger partial charge in [-0.25, -0.2) is 4.57 Å². The molecule has 0 bridgehead atoms. The molecule has 3 nitrogen and oxygen atoms in total. The number of alkyl halides is 3. The Morgan fingerprint density at radius 3 is 2.31 bits per heavy atom. The van der Waals surface area contributed by atoms with Gasteiger partial charge in [-0.15, -0.1) is 0 Å². The van der Waals surface area contributed by atoms with Crippen LogP contribution < -0.4 is 0 Å². The SMILES string of the molecule is CCCCSP(=O)(OCC)OCC(Cl)(Cl)Cl. The molecule has 0 saturated carbocycles. The van der Waals surface area contributed by atoms with Crippen molar-refractivity contribution in [2.75, 3.05) is 19.0 Å². The van der Waals surface area contributed by atoms with Crippen molar-refractivity contribution in [1.82, 2.24) is 0 Å². The molecule has 0 fully saturated rings. The molecule has 0 aromatic rings. The Morgan fingerprint density at radius 2 is 1.88 bits per heavy atom. The topological polar surface area (TPSA) is 35.5 Å². The summed E-state index contributed by atoms with van der Waals surface area (Å²) in [4.78, 5) is 0. The summed E-state index contributed by atoms with van der Waals surface area (Å²) >= 11 is 17.7. The van der Waals surface area contributed by atoms with E-state index in [1.54, 1.807) is 6.92 Å². The monoisotopic (exact) mass is 328 g/mol. The van der Waals surface area contributed by atoms with Crippen molar-refractivity contribution in [2.45, 2.75) is 30.5 Å². The average molecular weight is 330 g/mol. The van der Waals surface area contributed by atoms with Crippen molar-refractivity contribution in [3.8, 4) is 0 Å². The Morgan fingerprint density at radius 1 is 1.25 bits per heavy atom. The molecule has 0 rings (SSSR count). The average Bonchev–Trinajstić information content (AvgIpc) is 2.15. The van der Waals surface area contributed by atoms with Gasteiger partial charge < -0.3 is 4.52 Å². The Bertz CT molecular complexity index is 235. The van der Waals surface area contributed by atoms with E-state index in [-0.39, 0.29) is 6.61 Å². The Kier molecular flexibility index (Phi) is 9.19. The minimum Gasteiger partial charge on any atom is -0.301 e. The zero-order chi connectivity index (χ0) is 12.7. The fourth-order valence-electron chi connectivity index (χ4n) is 0.743. The number of hydrogen-bond donors (Lipinski definition) is 0. The lowest BCUT2D eigenvalue weighted by atomic mass is 10.4. The summed E-state index contributed by atoms with van der Waals surface area (Å²) in [5.41, 5.74) is 0. The predicted octanol–water partition coefficient (Wildman–Crippen LogP) is 5.05. The maximum atomic E-state index is 12.1. The quantitative estimate of drug-likeness (QED) is 0.354.